The van der Waals surface area contributed by atoms with E-state index in [4.69, 9.17) is 4.74 Å². The van der Waals surface area contributed by atoms with Crippen molar-refractivity contribution in [2.75, 3.05) is 6.61 Å². The van der Waals surface area contributed by atoms with Crippen molar-refractivity contribution in [3.8, 4) is 16.9 Å². The maximum Gasteiger partial charge on any atom is 0.276 e. The number of ether oxygens (including phenoxy) is 1. The minimum atomic E-state index is -0.460. The van der Waals surface area contributed by atoms with E-state index in [1.54, 1.807) is 24.3 Å². The lowest BCUT2D eigenvalue weighted by Crippen LogP contribution is -2.43. The predicted octanol–water partition coefficient (Wildman–Crippen LogP) is 3.87. The van der Waals surface area contributed by atoms with Crippen molar-refractivity contribution >= 4 is 22.8 Å². The lowest BCUT2D eigenvalue weighted by molar-refractivity contribution is -0.123. The number of carbonyl (C=O) groups is 2. The second-order valence-corrected chi connectivity index (χ2v) is 7.29. The SMILES string of the molecule is CCn1c(C)nc2cc(C(=O)NNC(=O)COc3ccc(-c4ccccc4)cc3)ccc21. The standard InChI is InChI=1S/C25H24N4O3/c1-3-29-17(2)26-22-15-20(11-14-23(22)29)25(31)28-27-24(30)16-32-21-12-9-19(10-13-21)18-7-5-4-6-8-18/h4-15H,3,16H2,1-2H3,(H,27,30)(H,28,31). The molecule has 0 unspecified atom stereocenters. The van der Waals surface area contributed by atoms with Crippen LogP contribution < -0.4 is 15.6 Å². The van der Waals surface area contributed by atoms with E-state index in [-0.39, 0.29) is 6.61 Å². The maximum atomic E-state index is 12.4. The van der Waals surface area contributed by atoms with E-state index in [9.17, 15) is 9.59 Å². The summed E-state index contributed by atoms with van der Waals surface area (Å²) in [7, 11) is 0. The second kappa shape index (κ2) is 9.34. The van der Waals surface area contributed by atoms with Gasteiger partial charge in [0, 0.05) is 12.1 Å². The Balaban J connectivity index is 1.29. The number of fused-ring (bicyclic) bond motifs is 1. The fourth-order valence-corrected chi connectivity index (χ4v) is 3.55. The Labute approximate surface area is 186 Å². The third kappa shape index (κ3) is 4.62. The average Bonchev–Trinajstić information content (AvgIpc) is 3.16. The van der Waals surface area contributed by atoms with Crippen LogP contribution in [0.1, 0.15) is 23.1 Å². The first-order valence-corrected chi connectivity index (χ1v) is 10.4. The van der Waals surface area contributed by atoms with Crippen LogP contribution >= 0.6 is 0 Å². The van der Waals surface area contributed by atoms with Gasteiger partial charge in [-0.05, 0) is 55.3 Å². The van der Waals surface area contributed by atoms with Crippen LogP contribution in [0, 0.1) is 6.92 Å². The molecule has 1 aromatic heterocycles. The zero-order valence-electron chi connectivity index (χ0n) is 18.0. The molecule has 7 heteroatoms. The number of aryl methyl sites for hydroxylation is 2. The number of amides is 2. The van der Waals surface area contributed by atoms with E-state index in [1.165, 1.54) is 0 Å². The van der Waals surface area contributed by atoms with Crippen LogP contribution in [0.25, 0.3) is 22.2 Å². The molecule has 0 fully saturated rings. The molecular formula is C25H24N4O3. The molecule has 0 aliphatic carbocycles. The van der Waals surface area contributed by atoms with Gasteiger partial charge in [0.15, 0.2) is 6.61 Å². The number of rotatable bonds is 6. The van der Waals surface area contributed by atoms with E-state index in [2.05, 4.69) is 20.4 Å². The smallest absolute Gasteiger partial charge is 0.276 e. The number of aromatic nitrogens is 2. The van der Waals surface area contributed by atoms with Crippen LogP contribution in [0.5, 0.6) is 5.75 Å². The van der Waals surface area contributed by atoms with Gasteiger partial charge in [-0.15, -0.1) is 0 Å². The Morgan fingerprint density at radius 1 is 0.938 bits per heavy atom. The van der Waals surface area contributed by atoms with E-state index in [0.717, 1.165) is 34.5 Å². The molecule has 0 spiro atoms. The van der Waals surface area contributed by atoms with Gasteiger partial charge in [0.1, 0.15) is 11.6 Å². The van der Waals surface area contributed by atoms with Gasteiger partial charge in [0.05, 0.1) is 11.0 Å². The molecule has 32 heavy (non-hydrogen) atoms. The van der Waals surface area contributed by atoms with Gasteiger partial charge in [0.25, 0.3) is 11.8 Å². The minimum Gasteiger partial charge on any atom is -0.484 e. The summed E-state index contributed by atoms with van der Waals surface area (Å²) in [4.78, 5) is 29.0. The van der Waals surface area contributed by atoms with Crippen molar-refractivity contribution in [1.29, 1.82) is 0 Å². The van der Waals surface area contributed by atoms with Gasteiger partial charge in [0.2, 0.25) is 0 Å². The highest BCUT2D eigenvalue weighted by molar-refractivity contribution is 5.98. The molecule has 2 amide bonds. The lowest BCUT2D eigenvalue weighted by Gasteiger charge is -2.10. The first-order chi connectivity index (χ1) is 15.5. The summed E-state index contributed by atoms with van der Waals surface area (Å²) >= 11 is 0. The van der Waals surface area contributed by atoms with Gasteiger partial charge >= 0.3 is 0 Å². The number of hydrogen-bond acceptors (Lipinski definition) is 4. The first kappa shape index (κ1) is 21.1. The highest BCUT2D eigenvalue weighted by atomic mass is 16.5. The molecule has 3 aromatic carbocycles. The Morgan fingerprint density at radius 2 is 1.66 bits per heavy atom. The molecule has 0 bridgehead atoms. The molecular weight excluding hydrogens is 404 g/mol. The Morgan fingerprint density at radius 3 is 2.38 bits per heavy atom. The summed E-state index contributed by atoms with van der Waals surface area (Å²) in [6.45, 7) is 4.56. The largest absolute Gasteiger partial charge is 0.484 e. The van der Waals surface area contributed by atoms with Gasteiger partial charge in [-0.2, -0.15) is 0 Å². The molecule has 162 valence electrons. The number of nitrogens with one attached hydrogen (secondary N) is 2. The number of imidazole rings is 1. The molecule has 2 N–H and O–H groups in total. The van der Waals surface area contributed by atoms with Crippen molar-refractivity contribution in [1.82, 2.24) is 20.4 Å². The summed E-state index contributed by atoms with van der Waals surface area (Å²) < 4.78 is 7.58. The Hall–Kier alpha value is -4.13. The van der Waals surface area contributed by atoms with Gasteiger partial charge in [-0.1, -0.05) is 42.5 Å². The van der Waals surface area contributed by atoms with Crippen molar-refractivity contribution in [2.45, 2.75) is 20.4 Å². The zero-order valence-corrected chi connectivity index (χ0v) is 18.0. The maximum absolute atomic E-state index is 12.4. The minimum absolute atomic E-state index is 0.218. The summed E-state index contributed by atoms with van der Waals surface area (Å²) in [6, 6.07) is 22.7. The van der Waals surface area contributed by atoms with Crippen LogP contribution in [0.4, 0.5) is 0 Å². The molecule has 0 saturated carbocycles. The number of hydrazine groups is 1. The third-order valence-corrected chi connectivity index (χ3v) is 5.16. The third-order valence-electron chi connectivity index (χ3n) is 5.16. The quantitative estimate of drug-likeness (QED) is 0.457. The lowest BCUT2D eigenvalue weighted by atomic mass is 10.1. The van der Waals surface area contributed by atoms with E-state index in [1.807, 2.05) is 62.4 Å². The van der Waals surface area contributed by atoms with Crippen molar-refractivity contribution < 1.29 is 14.3 Å². The molecule has 4 rings (SSSR count). The van der Waals surface area contributed by atoms with Crippen LogP contribution in [0.15, 0.2) is 72.8 Å². The number of nitrogens with zero attached hydrogens (tertiary/aromatic N) is 2. The van der Waals surface area contributed by atoms with Crippen LogP contribution in [-0.2, 0) is 11.3 Å². The fraction of sp³-hybridized carbons (Fsp3) is 0.160. The first-order valence-electron chi connectivity index (χ1n) is 10.4. The second-order valence-electron chi connectivity index (χ2n) is 7.29. The number of benzene rings is 3. The van der Waals surface area contributed by atoms with Gasteiger partial charge in [-0.3, -0.25) is 20.4 Å². The monoisotopic (exact) mass is 428 g/mol. The molecule has 1 heterocycles. The van der Waals surface area contributed by atoms with Crippen molar-refractivity contribution in [2.24, 2.45) is 0 Å². The topological polar surface area (TPSA) is 85.3 Å². The normalized spacial score (nSPS) is 10.7. The Kier molecular flexibility index (Phi) is 6.17. The molecule has 4 aromatic rings. The number of hydrogen-bond donors (Lipinski definition) is 2. The van der Waals surface area contributed by atoms with Crippen LogP contribution in [0.3, 0.4) is 0 Å². The number of carbonyl (C=O) groups excluding carboxylic acids is 2. The fourth-order valence-electron chi connectivity index (χ4n) is 3.55. The van der Waals surface area contributed by atoms with Crippen LogP contribution in [-0.4, -0.2) is 28.0 Å². The summed E-state index contributed by atoms with van der Waals surface area (Å²) in [5.41, 5.74) is 9.08. The van der Waals surface area contributed by atoms with Crippen molar-refractivity contribution in [3.05, 3.63) is 84.2 Å². The van der Waals surface area contributed by atoms with Crippen molar-refractivity contribution in [3.63, 3.8) is 0 Å². The zero-order chi connectivity index (χ0) is 22.5. The van der Waals surface area contributed by atoms with E-state index < -0.39 is 11.8 Å². The predicted molar refractivity (Wildman–Crippen MR) is 123 cm³/mol. The van der Waals surface area contributed by atoms with Crippen LogP contribution in [0.2, 0.25) is 0 Å². The molecule has 0 aliphatic rings. The molecule has 0 radical (unpaired) electrons. The Bertz CT molecular complexity index is 1250. The molecule has 0 saturated heterocycles. The van der Waals surface area contributed by atoms with Gasteiger partial charge in [-0.25, -0.2) is 4.98 Å². The highest BCUT2D eigenvalue weighted by Gasteiger charge is 2.12. The van der Waals surface area contributed by atoms with E-state index in [0.29, 0.717) is 11.3 Å². The average molecular weight is 428 g/mol. The molecule has 7 nitrogen and oxygen atoms in total. The molecule has 0 aliphatic heterocycles. The van der Waals surface area contributed by atoms with E-state index >= 15 is 0 Å². The summed E-state index contributed by atoms with van der Waals surface area (Å²) in [5, 5.41) is 0. The van der Waals surface area contributed by atoms with Gasteiger partial charge < -0.3 is 9.30 Å². The highest BCUT2D eigenvalue weighted by Crippen LogP contribution is 2.22. The molecule has 0 atom stereocenters. The summed E-state index contributed by atoms with van der Waals surface area (Å²) in [6.07, 6.45) is 0. The summed E-state index contributed by atoms with van der Waals surface area (Å²) in [5.74, 6) is 0.578.